The average Bonchev–Trinajstić information content (AvgIpc) is 2.29. The molecule has 0 amide bonds. The minimum atomic E-state index is -0.747. The Morgan fingerprint density at radius 1 is 1.35 bits per heavy atom. The molecule has 0 saturated carbocycles. The van der Waals surface area contributed by atoms with Crippen LogP contribution >= 0.6 is 0 Å². The number of ether oxygens (including phenoxy) is 2. The van der Waals surface area contributed by atoms with Gasteiger partial charge in [-0.2, -0.15) is 0 Å². The van der Waals surface area contributed by atoms with Crippen LogP contribution in [-0.4, -0.2) is 24.1 Å². The molecule has 0 aliphatic heterocycles. The van der Waals surface area contributed by atoms with E-state index in [1.165, 1.54) is 18.2 Å². The van der Waals surface area contributed by atoms with E-state index in [-0.39, 0.29) is 23.6 Å². The molecule has 1 aromatic carbocycles. The van der Waals surface area contributed by atoms with Crippen molar-refractivity contribution in [3.63, 3.8) is 0 Å². The highest BCUT2D eigenvalue weighted by Crippen LogP contribution is 2.29. The summed E-state index contributed by atoms with van der Waals surface area (Å²) in [6.07, 6.45) is 0. The number of hydrogen-bond donors (Lipinski definition) is 0. The number of esters is 1. The van der Waals surface area contributed by atoms with Crippen LogP contribution in [0.2, 0.25) is 0 Å². The maximum Gasteiger partial charge on any atom is 0.349 e. The summed E-state index contributed by atoms with van der Waals surface area (Å²) in [7, 11) is 0. The number of benzene rings is 1. The number of hydrogen-bond acceptors (Lipinski definition) is 5. The van der Waals surface area contributed by atoms with Gasteiger partial charge in [0.2, 0.25) is 0 Å². The van der Waals surface area contributed by atoms with E-state index >= 15 is 0 Å². The first-order valence-electron chi connectivity index (χ1n) is 5.19. The Kier molecular flexibility index (Phi) is 4.45. The molecule has 6 heteroatoms. The largest absolute Gasteiger partial charge is 0.493 e. The molecule has 0 N–H and O–H groups in total. The van der Waals surface area contributed by atoms with E-state index in [0.29, 0.717) is 6.61 Å². The monoisotopic (exact) mass is 239 g/mol. The molecule has 1 aromatic rings. The van der Waals surface area contributed by atoms with Crippen molar-refractivity contribution in [3.8, 4) is 5.75 Å². The molecule has 0 saturated heterocycles. The van der Waals surface area contributed by atoms with Gasteiger partial charge in [0.25, 0.3) is 5.69 Å². The van der Waals surface area contributed by atoms with Gasteiger partial charge in [-0.1, -0.05) is 6.07 Å². The van der Waals surface area contributed by atoms with Crippen LogP contribution in [0.3, 0.4) is 0 Å². The van der Waals surface area contributed by atoms with Crippen molar-refractivity contribution in [1.82, 2.24) is 0 Å². The molecule has 1 rings (SSSR count). The fourth-order valence-electron chi connectivity index (χ4n) is 1.36. The van der Waals surface area contributed by atoms with Gasteiger partial charge >= 0.3 is 5.97 Å². The Hall–Kier alpha value is -2.11. The second-order valence-electron chi connectivity index (χ2n) is 3.06. The van der Waals surface area contributed by atoms with E-state index < -0.39 is 10.9 Å². The second-order valence-corrected chi connectivity index (χ2v) is 3.06. The summed E-state index contributed by atoms with van der Waals surface area (Å²) in [5.41, 5.74) is -0.449. The van der Waals surface area contributed by atoms with Crippen LogP contribution in [0.25, 0.3) is 0 Å². The van der Waals surface area contributed by atoms with Crippen LogP contribution in [-0.2, 0) is 4.74 Å². The summed E-state index contributed by atoms with van der Waals surface area (Å²) >= 11 is 0. The summed E-state index contributed by atoms with van der Waals surface area (Å²) in [6, 6.07) is 4.21. The number of carbonyl (C=O) groups excluding carboxylic acids is 1. The van der Waals surface area contributed by atoms with Gasteiger partial charge in [0.1, 0.15) is 5.75 Å². The van der Waals surface area contributed by atoms with Gasteiger partial charge < -0.3 is 9.47 Å². The van der Waals surface area contributed by atoms with Gasteiger partial charge in [0.15, 0.2) is 5.56 Å². The van der Waals surface area contributed by atoms with Gasteiger partial charge in [-0.15, -0.1) is 0 Å². The Labute approximate surface area is 98.3 Å². The zero-order valence-corrected chi connectivity index (χ0v) is 9.63. The molecular formula is C11H13NO5. The Morgan fingerprint density at radius 2 is 2.06 bits per heavy atom. The number of rotatable bonds is 5. The topological polar surface area (TPSA) is 78.7 Å². The summed E-state index contributed by atoms with van der Waals surface area (Å²) in [6.45, 7) is 3.82. The third kappa shape index (κ3) is 2.93. The zero-order chi connectivity index (χ0) is 12.8. The maximum absolute atomic E-state index is 11.7. The smallest absolute Gasteiger partial charge is 0.349 e. The molecule has 0 spiro atoms. The molecule has 0 bridgehead atoms. The molecule has 0 aliphatic carbocycles. The fraction of sp³-hybridized carbons (Fsp3) is 0.364. The van der Waals surface area contributed by atoms with Gasteiger partial charge in [0.05, 0.1) is 18.1 Å². The summed E-state index contributed by atoms with van der Waals surface area (Å²) in [4.78, 5) is 21.9. The first kappa shape index (κ1) is 13.0. The Morgan fingerprint density at radius 3 is 2.59 bits per heavy atom. The van der Waals surface area contributed by atoms with Gasteiger partial charge in [-0.05, 0) is 19.9 Å². The summed E-state index contributed by atoms with van der Waals surface area (Å²) in [5, 5.41) is 10.8. The molecule has 6 nitrogen and oxygen atoms in total. The van der Waals surface area contributed by atoms with E-state index in [9.17, 15) is 14.9 Å². The second kappa shape index (κ2) is 5.83. The van der Waals surface area contributed by atoms with Crippen molar-refractivity contribution >= 4 is 11.7 Å². The number of nitro groups is 1. The van der Waals surface area contributed by atoms with E-state index in [0.717, 1.165) is 0 Å². The molecular weight excluding hydrogens is 226 g/mol. The van der Waals surface area contributed by atoms with Crippen LogP contribution in [0, 0.1) is 10.1 Å². The van der Waals surface area contributed by atoms with Crippen molar-refractivity contribution in [3.05, 3.63) is 33.9 Å². The lowest BCUT2D eigenvalue weighted by molar-refractivity contribution is -0.385. The summed E-state index contributed by atoms with van der Waals surface area (Å²) < 4.78 is 9.97. The number of carbonyl (C=O) groups is 1. The van der Waals surface area contributed by atoms with Crippen LogP contribution in [0.1, 0.15) is 24.2 Å². The maximum atomic E-state index is 11.7. The van der Waals surface area contributed by atoms with Crippen molar-refractivity contribution < 1.29 is 19.2 Å². The highest BCUT2D eigenvalue weighted by atomic mass is 16.6. The molecule has 0 fully saturated rings. The Bertz CT molecular complexity index is 430. The van der Waals surface area contributed by atoms with E-state index in [1.54, 1.807) is 13.8 Å². The van der Waals surface area contributed by atoms with Crippen LogP contribution in [0.5, 0.6) is 5.75 Å². The normalized spacial score (nSPS) is 9.76. The van der Waals surface area contributed by atoms with E-state index in [1.807, 2.05) is 0 Å². The van der Waals surface area contributed by atoms with Crippen LogP contribution in [0.15, 0.2) is 18.2 Å². The third-order valence-corrected chi connectivity index (χ3v) is 1.98. The lowest BCUT2D eigenvalue weighted by Gasteiger charge is -2.09. The lowest BCUT2D eigenvalue weighted by atomic mass is 10.1. The van der Waals surface area contributed by atoms with Gasteiger partial charge in [-0.3, -0.25) is 10.1 Å². The molecule has 0 aromatic heterocycles. The molecule has 17 heavy (non-hydrogen) atoms. The first-order chi connectivity index (χ1) is 8.11. The minimum absolute atomic E-state index is 0.138. The molecule has 0 heterocycles. The standard InChI is InChI=1S/C11H13NO5/c1-3-16-9-7-5-6-8(12(14)15)10(9)11(13)17-4-2/h5-7H,3-4H2,1-2H3. The van der Waals surface area contributed by atoms with Crippen LogP contribution < -0.4 is 4.74 Å². The molecule has 0 radical (unpaired) electrons. The SMILES string of the molecule is CCOC(=O)c1c(OCC)cccc1[N+](=O)[O-]. The minimum Gasteiger partial charge on any atom is -0.493 e. The highest BCUT2D eigenvalue weighted by molar-refractivity contribution is 5.97. The van der Waals surface area contributed by atoms with Gasteiger partial charge in [-0.25, -0.2) is 4.79 Å². The van der Waals surface area contributed by atoms with Crippen molar-refractivity contribution in [2.24, 2.45) is 0 Å². The van der Waals surface area contributed by atoms with Gasteiger partial charge in [0, 0.05) is 6.07 Å². The van der Waals surface area contributed by atoms with E-state index in [2.05, 4.69) is 0 Å². The first-order valence-corrected chi connectivity index (χ1v) is 5.19. The highest BCUT2D eigenvalue weighted by Gasteiger charge is 2.25. The number of nitrogens with zero attached hydrogens (tertiary/aromatic N) is 1. The van der Waals surface area contributed by atoms with E-state index in [4.69, 9.17) is 9.47 Å². The van der Waals surface area contributed by atoms with Crippen molar-refractivity contribution in [2.45, 2.75) is 13.8 Å². The lowest BCUT2D eigenvalue weighted by Crippen LogP contribution is -2.10. The fourth-order valence-corrected chi connectivity index (χ4v) is 1.36. The van der Waals surface area contributed by atoms with Crippen molar-refractivity contribution in [1.29, 1.82) is 0 Å². The Balaban J connectivity index is 3.27. The molecule has 92 valence electrons. The number of nitro benzene ring substituents is 1. The van der Waals surface area contributed by atoms with Crippen molar-refractivity contribution in [2.75, 3.05) is 13.2 Å². The molecule has 0 aliphatic rings. The third-order valence-electron chi connectivity index (χ3n) is 1.98. The zero-order valence-electron chi connectivity index (χ0n) is 9.63. The predicted octanol–water partition coefficient (Wildman–Crippen LogP) is 2.17. The van der Waals surface area contributed by atoms with Crippen LogP contribution in [0.4, 0.5) is 5.69 Å². The summed E-state index contributed by atoms with van der Waals surface area (Å²) in [5.74, 6) is -0.580. The predicted molar refractivity (Wildman–Crippen MR) is 60.2 cm³/mol. The quantitative estimate of drug-likeness (QED) is 0.447. The molecule has 0 unspecified atom stereocenters. The average molecular weight is 239 g/mol. The molecule has 0 atom stereocenters.